The minimum absolute atomic E-state index is 0.258. The van der Waals surface area contributed by atoms with Crippen molar-refractivity contribution in [2.45, 2.75) is 26.8 Å². The first-order valence-electron chi connectivity index (χ1n) is 7.42. The molecule has 1 aromatic rings. The van der Waals surface area contributed by atoms with Gasteiger partial charge in [0, 0.05) is 48.8 Å². The number of aromatic hydroxyl groups is 1. The van der Waals surface area contributed by atoms with Crippen molar-refractivity contribution in [3.05, 3.63) is 28.2 Å². The van der Waals surface area contributed by atoms with Crippen molar-refractivity contribution in [3.63, 3.8) is 0 Å². The number of benzene rings is 1. The van der Waals surface area contributed by atoms with Crippen LogP contribution in [0.2, 0.25) is 0 Å². The van der Waals surface area contributed by atoms with Crippen LogP contribution in [-0.2, 0) is 0 Å². The second kappa shape index (κ2) is 6.92. The molecular formula is C16H25BrN2O. The minimum Gasteiger partial charge on any atom is -0.508 e. The van der Waals surface area contributed by atoms with Crippen LogP contribution >= 0.6 is 15.9 Å². The molecule has 1 atom stereocenters. The van der Waals surface area contributed by atoms with Crippen molar-refractivity contribution >= 4 is 15.9 Å². The van der Waals surface area contributed by atoms with Gasteiger partial charge < -0.3 is 10.0 Å². The molecule has 1 N–H and O–H groups in total. The third kappa shape index (κ3) is 3.96. The standard InChI is InChI=1S/C16H25BrN2O/c1-12(2)11-18-6-8-19(9-7-18)13(3)15-10-14(17)4-5-16(15)20/h4-5,10,12-13,20H,6-9,11H2,1-3H3. The summed E-state index contributed by atoms with van der Waals surface area (Å²) in [5.41, 5.74) is 1.01. The smallest absolute Gasteiger partial charge is 0.120 e. The zero-order valence-corrected chi connectivity index (χ0v) is 14.2. The van der Waals surface area contributed by atoms with Gasteiger partial charge in [0.2, 0.25) is 0 Å². The van der Waals surface area contributed by atoms with Crippen LogP contribution in [0.5, 0.6) is 5.75 Å². The predicted octanol–water partition coefficient (Wildman–Crippen LogP) is 3.49. The Labute approximate surface area is 130 Å². The summed E-state index contributed by atoms with van der Waals surface area (Å²) in [5, 5.41) is 10.0. The van der Waals surface area contributed by atoms with E-state index in [2.05, 4.69) is 46.5 Å². The maximum absolute atomic E-state index is 10.0. The van der Waals surface area contributed by atoms with Crippen LogP contribution < -0.4 is 0 Å². The van der Waals surface area contributed by atoms with E-state index in [1.807, 2.05) is 12.1 Å². The third-order valence-electron chi connectivity index (χ3n) is 4.02. The summed E-state index contributed by atoms with van der Waals surface area (Å²) >= 11 is 3.49. The normalized spacial score (nSPS) is 19.4. The van der Waals surface area contributed by atoms with Crippen LogP contribution in [-0.4, -0.2) is 47.6 Å². The van der Waals surface area contributed by atoms with Gasteiger partial charge in [0.1, 0.15) is 5.75 Å². The fraction of sp³-hybridized carbons (Fsp3) is 0.625. The molecule has 20 heavy (non-hydrogen) atoms. The molecule has 0 saturated carbocycles. The van der Waals surface area contributed by atoms with Crippen molar-refractivity contribution in [3.8, 4) is 5.75 Å². The zero-order valence-electron chi connectivity index (χ0n) is 12.6. The summed E-state index contributed by atoms with van der Waals surface area (Å²) in [4.78, 5) is 4.99. The quantitative estimate of drug-likeness (QED) is 0.908. The van der Waals surface area contributed by atoms with Crippen LogP contribution in [0, 0.1) is 5.92 Å². The van der Waals surface area contributed by atoms with E-state index in [4.69, 9.17) is 0 Å². The van der Waals surface area contributed by atoms with Gasteiger partial charge in [-0.25, -0.2) is 0 Å². The van der Waals surface area contributed by atoms with E-state index in [1.165, 1.54) is 6.54 Å². The van der Waals surface area contributed by atoms with E-state index in [1.54, 1.807) is 6.07 Å². The second-order valence-corrected chi connectivity index (χ2v) is 7.03. The van der Waals surface area contributed by atoms with Crippen molar-refractivity contribution < 1.29 is 5.11 Å². The first-order chi connectivity index (χ1) is 9.47. The van der Waals surface area contributed by atoms with Crippen molar-refractivity contribution in [2.24, 2.45) is 5.92 Å². The molecule has 0 aliphatic carbocycles. The van der Waals surface area contributed by atoms with Crippen LogP contribution in [0.4, 0.5) is 0 Å². The molecule has 1 unspecified atom stereocenters. The van der Waals surface area contributed by atoms with E-state index < -0.39 is 0 Å². The summed E-state index contributed by atoms with van der Waals surface area (Å²) in [6, 6.07) is 5.94. The van der Waals surface area contributed by atoms with Gasteiger partial charge >= 0.3 is 0 Å². The monoisotopic (exact) mass is 340 g/mol. The number of hydrogen-bond donors (Lipinski definition) is 1. The first kappa shape index (κ1) is 15.8. The Morgan fingerprint density at radius 1 is 1.15 bits per heavy atom. The van der Waals surface area contributed by atoms with Gasteiger partial charge in [-0.05, 0) is 31.0 Å². The lowest BCUT2D eigenvalue weighted by molar-refractivity contribution is 0.0938. The first-order valence-corrected chi connectivity index (χ1v) is 8.21. The van der Waals surface area contributed by atoms with E-state index in [9.17, 15) is 5.11 Å². The summed E-state index contributed by atoms with van der Waals surface area (Å²) in [6.07, 6.45) is 0. The van der Waals surface area contributed by atoms with E-state index in [0.717, 1.165) is 42.1 Å². The molecule has 1 aliphatic heterocycles. The second-order valence-electron chi connectivity index (χ2n) is 6.11. The Balaban J connectivity index is 1.98. The lowest BCUT2D eigenvalue weighted by Crippen LogP contribution is -2.48. The predicted molar refractivity (Wildman–Crippen MR) is 87.1 cm³/mol. The Morgan fingerprint density at radius 2 is 1.80 bits per heavy atom. The summed E-state index contributed by atoms with van der Waals surface area (Å²) in [7, 11) is 0. The van der Waals surface area contributed by atoms with Crippen molar-refractivity contribution in [2.75, 3.05) is 32.7 Å². The molecule has 4 heteroatoms. The molecule has 1 aromatic carbocycles. The Bertz CT molecular complexity index is 442. The molecule has 112 valence electrons. The van der Waals surface area contributed by atoms with Gasteiger partial charge in [0.15, 0.2) is 0 Å². The lowest BCUT2D eigenvalue weighted by atomic mass is 10.0. The molecule has 1 aliphatic rings. The van der Waals surface area contributed by atoms with Crippen LogP contribution in [0.1, 0.15) is 32.4 Å². The highest BCUT2D eigenvalue weighted by Crippen LogP contribution is 2.31. The number of hydrogen-bond acceptors (Lipinski definition) is 3. The zero-order chi connectivity index (χ0) is 14.7. The molecule has 1 fully saturated rings. The highest BCUT2D eigenvalue weighted by atomic mass is 79.9. The van der Waals surface area contributed by atoms with Crippen LogP contribution in [0.15, 0.2) is 22.7 Å². The van der Waals surface area contributed by atoms with Crippen LogP contribution in [0.3, 0.4) is 0 Å². The average Bonchev–Trinajstić information content (AvgIpc) is 2.41. The van der Waals surface area contributed by atoms with Gasteiger partial charge in [-0.1, -0.05) is 29.8 Å². The van der Waals surface area contributed by atoms with Gasteiger partial charge in [-0.15, -0.1) is 0 Å². The number of nitrogens with zero attached hydrogens (tertiary/aromatic N) is 2. The topological polar surface area (TPSA) is 26.7 Å². The van der Waals surface area contributed by atoms with E-state index >= 15 is 0 Å². The summed E-state index contributed by atoms with van der Waals surface area (Å²) < 4.78 is 1.02. The molecule has 2 rings (SSSR count). The highest BCUT2D eigenvalue weighted by molar-refractivity contribution is 9.10. The van der Waals surface area contributed by atoms with Gasteiger partial charge in [-0.2, -0.15) is 0 Å². The summed E-state index contributed by atoms with van der Waals surface area (Å²) in [6.45, 7) is 12.3. The van der Waals surface area contributed by atoms with Crippen LogP contribution in [0.25, 0.3) is 0 Å². The fourth-order valence-electron chi connectivity index (χ4n) is 2.91. The number of halogens is 1. The van der Waals surface area contributed by atoms with Crippen molar-refractivity contribution in [1.82, 2.24) is 9.80 Å². The van der Waals surface area contributed by atoms with Gasteiger partial charge in [0.25, 0.3) is 0 Å². The molecule has 0 bridgehead atoms. The molecular weight excluding hydrogens is 316 g/mol. The maximum Gasteiger partial charge on any atom is 0.120 e. The molecule has 0 spiro atoms. The highest BCUT2D eigenvalue weighted by Gasteiger charge is 2.23. The number of phenols is 1. The lowest BCUT2D eigenvalue weighted by Gasteiger charge is -2.39. The van der Waals surface area contributed by atoms with Gasteiger partial charge in [0.05, 0.1) is 0 Å². The van der Waals surface area contributed by atoms with Crippen molar-refractivity contribution in [1.29, 1.82) is 0 Å². The largest absolute Gasteiger partial charge is 0.508 e. The Kier molecular flexibility index (Phi) is 5.47. The SMILES string of the molecule is CC(C)CN1CCN(C(C)c2cc(Br)ccc2O)CC1. The fourth-order valence-corrected chi connectivity index (χ4v) is 3.29. The Morgan fingerprint density at radius 3 is 2.40 bits per heavy atom. The maximum atomic E-state index is 10.0. The molecule has 0 amide bonds. The summed E-state index contributed by atoms with van der Waals surface area (Å²) in [5.74, 6) is 1.12. The molecule has 0 aromatic heterocycles. The average molecular weight is 341 g/mol. The minimum atomic E-state index is 0.258. The molecule has 3 nitrogen and oxygen atoms in total. The van der Waals surface area contributed by atoms with E-state index in [-0.39, 0.29) is 6.04 Å². The van der Waals surface area contributed by atoms with Gasteiger partial charge in [-0.3, -0.25) is 4.90 Å². The number of phenolic OH excluding ortho intramolecular Hbond substituents is 1. The molecule has 0 radical (unpaired) electrons. The van der Waals surface area contributed by atoms with E-state index in [0.29, 0.717) is 5.75 Å². The molecule has 1 heterocycles. The number of rotatable bonds is 4. The third-order valence-corrected chi connectivity index (χ3v) is 4.51. The number of piperazine rings is 1. The Hall–Kier alpha value is -0.580. The molecule has 1 saturated heterocycles.